The maximum absolute atomic E-state index is 13.1. The van der Waals surface area contributed by atoms with E-state index in [4.69, 9.17) is 4.42 Å². The molecule has 2 aromatic carbocycles. The number of halogens is 2. The Balaban J connectivity index is 0.00000324. The van der Waals surface area contributed by atoms with Crippen LogP contribution in [0.15, 0.2) is 64.2 Å². The molecule has 8 heteroatoms. The van der Waals surface area contributed by atoms with Crippen LogP contribution in [0.2, 0.25) is 0 Å². The number of nitrogens with zero attached hydrogens (tertiary/aromatic N) is 3. The summed E-state index contributed by atoms with van der Waals surface area (Å²) < 4.78 is 18.6. The number of aliphatic imine (C=N–C) groups is 1. The molecule has 0 saturated carbocycles. The van der Waals surface area contributed by atoms with Crippen LogP contribution in [0.25, 0.3) is 11.5 Å². The fourth-order valence-corrected chi connectivity index (χ4v) is 4.00. The molecule has 6 nitrogen and oxygen atoms in total. The Bertz CT molecular complexity index is 1030. The van der Waals surface area contributed by atoms with Gasteiger partial charge >= 0.3 is 0 Å². The average molecular weight is 577 g/mol. The Kier molecular flexibility index (Phi) is 10.3. The van der Waals surface area contributed by atoms with E-state index in [0.717, 1.165) is 23.8 Å². The second-order valence-corrected chi connectivity index (χ2v) is 8.41. The van der Waals surface area contributed by atoms with Gasteiger partial charge in [0.25, 0.3) is 0 Å². The van der Waals surface area contributed by atoms with Crippen LogP contribution in [0.3, 0.4) is 0 Å². The summed E-state index contributed by atoms with van der Waals surface area (Å²) in [5.74, 6) is 0.966. The van der Waals surface area contributed by atoms with E-state index >= 15 is 0 Å². The van der Waals surface area contributed by atoms with Crippen molar-refractivity contribution in [3.63, 3.8) is 0 Å². The van der Waals surface area contributed by atoms with Gasteiger partial charge in [0, 0.05) is 38.7 Å². The highest BCUT2D eigenvalue weighted by Gasteiger charge is 2.10. The quantitative estimate of drug-likeness (QED) is 0.225. The van der Waals surface area contributed by atoms with Crippen LogP contribution in [0.5, 0.6) is 0 Å². The molecule has 0 unspecified atom stereocenters. The van der Waals surface area contributed by atoms with Crippen molar-refractivity contribution in [1.82, 2.24) is 20.5 Å². The van der Waals surface area contributed by atoms with E-state index in [1.54, 1.807) is 25.4 Å². The third-order valence-corrected chi connectivity index (χ3v) is 5.88. The van der Waals surface area contributed by atoms with Crippen molar-refractivity contribution in [2.24, 2.45) is 4.99 Å². The molecule has 2 heterocycles. The third kappa shape index (κ3) is 7.80. The molecule has 0 radical (unpaired) electrons. The molecule has 1 aliphatic rings. The van der Waals surface area contributed by atoms with Gasteiger partial charge in [-0.05, 0) is 61.3 Å². The highest BCUT2D eigenvalue weighted by atomic mass is 127. The van der Waals surface area contributed by atoms with Crippen molar-refractivity contribution in [1.29, 1.82) is 0 Å². The first-order valence-corrected chi connectivity index (χ1v) is 11.6. The van der Waals surface area contributed by atoms with Crippen molar-refractivity contribution < 1.29 is 8.81 Å². The molecule has 1 aliphatic heterocycles. The van der Waals surface area contributed by atoms with Crippen molar-refractivity contribution in [3.05, 3.63) is 77.4 Å². The number of hydrogen-bond acceptors (Lipinski definition) is 4. The molecule has 0 bridgehead atoms. The number of guanidine groups is 1. The van der Waals surface area contributed by atoms with Crippen molar-refractivity contribution >= 4 is 29.9 Å². The summed E-state index contributed by atoms with van der Waals surface area (Å²) in [5, 5.41) is 6.67. The predicted molar refractivity (Wildman–Crippen MR) is 145 cm³/mol. The van der Waals surface area contributed by atoms with Crippen molar-refractivity contribution in [2.75, 3.05) is 26.7 Å². The monoisotopic (exact) mass is 577 g/mol. The first kappa shape index (κ1) is 26.2. The number of hydrogen-bond donors (Lipinski definition) is 2. The predicted octanol–water partition coefficient (Wildman–Crippen LogP) is 4.99. The lowest BCUT2D eigenvalue weighted by atomic mass is 10.1. The largest absolute Gasteiger partial charge is 0.444 e. The second kappa shape index (κ2) is 13.4. The summed E-state index contributed by atoms with van der Waals surface area (Å²) in [6.45, 7) is 4.86. The minimum absolute atomic E-state index is 0. The molecule has 0 atom stereocenters. The fraction of sp³-hybridized carbons (Fsp3) is 0.385. The lowest BCUT2D eigenvalue weighted by molar-refractivity contribution is 0.221. The average Bonchev–Trinajstić information content (AvgIpc) is 3.32. The summed E-state index contributed by atoms with van der Waals surface area (Å²) in [7, 11) is 1.76. The lowest BCUT2D eigenvalue weighted by Gasteiger charge is -2.26. The molecule has 182 valence electrons. The smallest absolute Gasteiger partial charge is 0.226 e. The van der Waals surface area contributed by atoms with E-state index in [1.807, 2.05) is 0 Å². The SMILES string of the molecule is CN=C(NCCc1coc(-c2ccc(F)cc2)n1)NCc1ccc(CN2CCCCC2)cc1.I. The van der Waals surface area contributed by atoms with Crippen LogP contribution in [0.4, 0.5) is 4.39 Å². The van der Waals surface area contributed by atoms with Gasteiger partial charge in [-0.1, -0.05) is 30.7 Å². The normalized spacial score (nSPS) is 14.5. The molecule has 34 heavy (non-hydrogen) atoms. The van der Waals surface area contributed by atoms with Crippen LogP contribution < -0.4 is 10.6 Å². The van der Waals surface area contributed by atoms with Gasteiger partial charge in [-0.2, -0.15) is 0 Å². The minimum atomic E-state index is -0.276. The molecule has 1 fully saturated rings. The maximum Gasteiger partial charge on any atom is 0.226 e. The van der Waals surface area contributed by atoms with Gasteiger partial charge in [0.15, 0.2) is 5.96 Å². The van der Waals surface area contributed by atoms with E-state index in [-0.39, 0.29) is 29.8 Å². The molecule has 0 amide bonds. The van der Waals surface area contributed by atoms with Gasteiger partial charge in [0.2, 0.25) is 5.89 Å². The Morgan fingerprint density at radius 3 is 2.41 bits per heavy atom. The number of oxazole rings is 1. The summed E-state index contributed by atoms with van der Waals surface area (Å²) in [4.78, 5) is 11.3. The van der Waals surface area contributed by atoms with E-state index in [2.05, 4.69) is 49.8 Å². The van der Waals surface area contributed by atoms with Crippen LogP contribution >= 0.6 is 24.0 Å². The van der Waals surface area contributed by atoms with Crippen molar-refractivity contribution in [3.8, 4) is 11.5 Å². The van der Waals surface area contributed by atoms with E-state index in [9.17, 15) is 4.39 Å². The molecule has 3 aromatic rings. The van der Waals surface area contributed by atoms with Gasteiger partial charge in [0.05, 0.1) is 5.69 Å². The van der Waals surface area contributed by atoms with Crippen LogP contribution in [-0.4, -0.2) is 42.5 Å². The maximum atomic E-state index is 13.1. The van der Waals surface area contributed by atoms with Crippen LogP contribution in [0, 0.1) is 5.82 Å². The summed E-state index contributed by atoms with van der Waals surface area (Å²) >= 11 is 0. The Morgan fingerprint density at radius 1 is 1.00 bits per heavy atom. The molecule has 1 aromatic heterocycles. The fourth-order valence-electron chi connectivity index (χ4n) is 4.00. The molecular weight excluding hydrogens is 544 g/mol. The molecule has 2 N–H and O–H groups in total. The molecule has 0 spiro atoms. The zero-order valence-electron chi connectivity index (χ0n) is 19.6. The van der Waals surface area contributed by atoms with Crippen LogP contribution in [0.1, 0.15) is 36.1 Å². The Morgan fingerprint density at radius 2 is 1.71 bits per heavy atom. The zero-order chi connectivity index (χ0) is 22.9. The highest BCUT2D eigenvalue weighted by molar-refractivity contribution is 14.0. The standard InChI is InChI=1S/C26H32FN5O.HI/c1-28-26(29-14-13-24-19-33-25(31-24)22-9-11-23(27)12-10-22)30-17-20-5-7-21(8-6-20)18-32-15-3-2-4-16-32;/h5-12,19H,2-4,13-18H2,1H3,(H2,28,29,30);1H. The summed E-state index contributed by atoms with van der Waals surface area (Å²) in [5.41, 5.74) is 4.19. The minimum Gasteiger partial charge on any atom is -0.444 e. The molecular formula is C26H33FIN5O. The highest BCUT2D eigenvalue weighted by Crippen LogP contribution is 2.19. The number of aromatic nitrogens is 1. The first-order valence-electron chi connectivity index (χ1n) is 11.6. The third-order valence-electron chi connectivity index (χ3n) is 5.88. The molecule has 1 saturated heterocycles. The topological polar surface area (TPSA) is 65.7 Å². The number of benzene rings is 2. The number of likely N-dealkylation sites (tertiary alicyclic amines) is 1. The van der Waals surface area contributed by atoms with Gasteiger partial charge in [0.1, 0.15) is 12.1 Å². The number of nitrogens with one attached hydrogen (secondary N) is 2. The number of piperidine rings is 1. The van der Waals surface area contributed by atoms with Crippen LogP contribution in [-0.2, 0) is 19.5 Å². The van der Waals surface area contributed by atoms with E-state index in [1.165, 1.54) is 55.6 Å². The lowest BCUT2D eigenvalue weighted by Crippen LogP contribution is -2.37. The Hall–Kier alpha value is -2.46. The summed E-state index contributed by atoms with van der Waals surface area (Å²) in [6.07, 6.45) is 6.34. The van der Waals surface area contributed by atoms with Crippen molar-refractivity contribution in [2.45, 2.75) is 38.8 Å². The Labute approximate surface area is 218 Å². The first-order chi connectivity index (χ1) is 16.2. The summed E-state index contributed by atoms with van der Waals surface area (Å²) in [6, 6.07) is 15.0. The number of rotatable bonds is 8. The van der Waals surface area contributed by atoms with Gasteiger partial charge in [-0.15, -0.1) is 24.0 Å². The molecule has 0 aliphatic carbocycles. The van der Waals surface area contributed by atoms with Gasteiger partial charge in [-0.3, -0.25) is 9.89 Å². The van der Waals surface area contributed by atoms with E-state index < -0.39 is 0 Å². The van der Waals surface area contributed by atoms with Gasteiger partial charge in [-0.25, -0.2) is 9.37 Å². The van der Waals surface area contributed by atoms with E-state index in [0.29, 0.717) is 25.4 Å². The second-order valence-electron chi connectivity index (χ2n) is 8.41. The molecule has 4 rings (SSSR count). The zero-order valence-corrected chi connectivity index (χ0v) is 21.9. The van der Waals surface area contributed by atoms with Gasteiger partial charge < -0.3 is 15.1 Å².